The van der Waals surface area contributed by atoms with Crippen molar-refractivity contribution in [2.75, 3.05) is 5.32 Å². The molecule has 0 radical (unpaired) electrons. The fourth-order valence-corrected chi connectivity index (χ4v) is 3.23. The summed E-state index contributed by atoms with van der Waals surface area (Å²) in [5, 5.41) is 2.38. The van der Waals surface area contributed by atoms with Crippen LogP contribution < -0.4 is 5.32 Å². The van der Waals surface area contributed by atoms with E-state index in [0.29, 0.717) is 5.56 Å². The number of alkyl halides is 3. The lowest BCUT2D eigenvalue weighted by atomic mass is 10.1. The maximum atomic E-state index is 12.9. The van der Waals surface area contributed by atoms with E-state index in [0.717, 1.165) is 17.0 Å². The van der Waals surface area contributed by atoms with Gasteiger partial charge in [0.15, 0.2) is 0 Å². The fourth-order valence-electron chi connectivity index (χ4n) is 3.23. The van der Waals surface area contributed by atoms with Gasteiger partial charge in [0.2, 0.25) is 0 Å². The summed E-state index contributed by atoms with van der Waals surface area (Å²) in [4.78, 5) is 42.8. The smallest absolute Gasteiger partial charge is 0.322 e. The predicted octanol–water partition coefficient (Wildman–Crippen LogP) is 4.15. The van der Waals surface area contributed by atoms with Gasteiger partial charge in [0, 0.05) is 23.6 Å². The molecule has 2 aromatic carbocycles. The third-order valence-electron chi connectivity index (χ3n) is 4.74. The highest BCUT2D eigenvalue weighted by Gasteiger charge is 2.36. The Hall–Kier alpha value is -4.01. The third kappa shape index (κ3) is 4.02. The summed E-state index contributed by atoms with van der Waals surface area (Å²) in [6, 6.07) is 11.6. The average molecular weight is 425 g/mol. The number of nitrogens with zero attached hydrogens (tertiary/aromatic N) is 2. The zero-order valence-corrected chi connectivity index (χ0v) is 15.8. The number of anilines is 1. The van der Waals surface area contributed by atoms with Gasteiger partial charge in [-0.3, -0.25) is 24.3 Å². The minimum Gasteiger partial charge on any atom is -0.322 e. The number of benzene rings is 2. The number of hydrogen-bond acceptors (Lipinski definition) is 4. The number of aromatic nitrogens is 1. The van der Waals surface area contributed by atoms with Gasteiger partial charge in [-0.15, -0.1) is 0 Å². The standard InChI is InChI=1S/C22H14F3N3O3/c23-22(24,25)15-4-1-5-16(10-15)27-19(29)14-6-7-17-18(9-14)21(31)28(20(17)30)12-13-3-2-8-26-11-13/h1-11H,12H2,(H,27,29). The molecule has 2 heterocycles. The molecule has 31 heavy (non-hydrogen) atoms. The van der Waals surface area contributed by atoms with Crippen LogP contribution in [0.1, 0.15) is 42.2 Å². The van der Waals surface area contributed by atoms with Crippen LogP contribution in [-0.4, -0.2) is 27.6 Å². The average Bonchev–Trinajstić information content (AvgIpc) is 2.98. The first-order valence-electron chi connectivity index (χ1n) is 9.12. The first-order chi connectivity index (χ1) is 14.7. The van der Waals surface area contributed by atoms with E-state index in [1.54, 1.807) is 18.3 Å². The Balaban J connectivity index is 1.55. The van der Waals surface area contributed by atoms with Crippen LogP contribution >= 0.6 is 0 Å². The van der Waals surface area contributed by atoms with Crippen LogP contribution in [0.5, 0.6) is 0 Å². The lowest BCUT2D eigenvalue weighted by molar-refractivity contribution is -0.137. The molecule has 0 bridgehead atoms. The highest BCUT2D eigenvalue weighted by molar-refractivity contribution is 6.22. The maximum absolute atomic E-state index is 12.9. The Morgan fingerprint density at radius 3 is 2.45 bits per heavy atom. The lowest BCUT2D eigenvalue weighted by Gasteiger charge is -2.13. The number of amides is 3. The van der Waals surface area contributed by atoms with Crippen LogP contribution in [0.3, 0.4) is 0 Å². The van der Waals surface area contributed by atoms with Crippen molar-refractivity contribution in [1.29, 1.82) is 0 Å². The highest BCUT2D eigenvalue weighted by atomic mass is 19.4. The van der Waals surface area contributed by atoms with E-state index >= 15 is 0 Å². The summed E-state index contributed by atoms with van der Waals surface area (Å²) in [6.45, 7) is 0.0337. The molecule has 3 amide bonds. The van der Waals surface area contributed by atoms with E-state index < -0.39 is 29.5 Å². The van der Waals surface area contributed by atoms with Crippen LogP contribution in [0.25, 0.3) is 0 Å². The number of hydrogen-bond donors (Lipinski definition) is 1. The van der Waals surface area contributed by atoms with Gasteiger partial charge in [-0.25, -0.2) is 0 Å². The number of rotatable bonds is 4. The number of halogens is 3. The molecule has 1 aliphatic rings. The molecule has 0 saturated heterocycles. The first kappa shape index (κ1) is 20.3. The van der Waals surface area contributed by atoms with E-state index in [1.165, 1.54) is 36.5 Å². The van der Waals surface area contributed by atoms with Crippen LogP contribution in [0, 0.1) is 0 Å². The Bertz CT molecular complexity index is 1190. The number of fused-ring (bicyclic) bond motifs is 1. The van der Waals surface area contributed by atoms with E-state index in [1.807, 2.05) is 0 Å². The van der Waals surface area contributed by atoms with Gasteiger partial charge < -0.3 is 5.32 Å². The molecule has 0 spiro atoms. The third-order valence-corrected chi connectivity index (χ3v) is 4.74. The second kappa shape index (κ2) is 7.67. The van der Waals surface area contributed by atoms with Gasteiger partial charge >= 0.3 is 6.18 Å². The largest absolute Gasteiger partial charge is 0.416 e. The van der Waals surface area contributed by atoms with E-state index in [4.69, 9.17) is 0 Å². The summed E-state index contributed by atoms with van der Waals surface area (Å²) in [7, 11) is 0. The highest BCUT2D eigenvalue weighted by Crippen LogP contribution is 2.31. The second-order valence-corrected chi connectivity index (χ2v) is 6.85. The Morgan fingerprint density at radius 2 is 1.74 bits per heavy atom. The van der Waals surface area contributed by atoms with Crippen LogP contribution in [0.2, 0.25) is 0 Å². The molecule has 0 aliphatic carbocycles. The van der Waals surface area contributed by atoms with E-state index in [2.05, 4.69) is 10.3 Å². The molecule has 6 nitrogen and oxygen atoms in total. The van der Waals surface area contributed by atoms with Crippen molar-refractivity contribution in [2.24, 2.45) is 0 Å². The van der Waals surface area contributed by atoms with Gasteiger partial charge in [0.05, 0.1) is 23.2 Å². The van der Waals surface area contributed by atoms with Gasteiger partial charge in [0.25, 0.3) is 17.7 Å². The predicted molar refractivity (Wildman–Crippen MR) is 104 cm³/mol. The number of nitrogens with one attached hydrogen (secondary N) is 1. The summed E-state index contributed by atoms with van der Waals surface area (Å²) >= 11 is 0. The Kier molecular flexibility index (Phi) is 5.02. The molecular weight excluding hydrogens is 411 g/mol. The molecule has 1 N–H and O–H groups in total. The SMILES string of the molecule is O=C(Nc1cccc(C(F)(F)F)c1)c1ccc2c(c1)C(=O)N(Cc1cccnc1)C2=O. The van der Waals surface area contributed by atoms with Crippen molar-refractivity contribution >= 4 is 23.4 Å². The maximum Gasteiger partial charge on any atom is 0.416 e. The molecule has 4 rings (SSSR count). The molecule has 3 aromatic rings. The molecule has 1 aliphatic heterocycles. The van der Waals surface area contributed by atoms with Crippen molar-refractivity contribution < 1.29 is 27.6 Å². The number of imide groups is 1. The van der Waals surface area contributed by atoms with Gasteiger partial charge in [-0.2, -0.15) is 13.2 Å². The monoisotopic (exact) mass is 425 g/mol. The van der Waals surface area contributed by atoms with Crippen LogP contribution in [0.15, 0.2) is 67.0 Å². The van der Waals surface area contributed by atoms with Crippen molar-refractivity contribution in [2.45, 2.75) is 12.7 Å². The Labute approximate surface area is 174 Å². The molecule has 0 atom stereocenters. The van der Waals surface area contributed by atoms with Crippen molar-refractivity contribution in [3.8, 4) is 0 Å². The summed E-state index contributed by atoms with van der Waals surface area (Å²) in [6.07, 6.45) is -1.43. The van der Waals surface area contributed by atoms with Crippen LogP contribution in [-0.2, 0) is 12.7 Å². The fraction of sp³-hybridized carbons (Fsp3) is 0.0909. The van der Waals surface area contributed by atoms with Crippen molar-refractivity contribution in [3.05, 3.63) is 94.8 Å². The minimum atomic E-state index is -4.54. The topological polar surface area (TPSA) is 79.4 Å². The number of carbonyl (C=O) groups excluding carboxylic acids is 3. The number of pyridine rings is 1. The quantitative estimate of drug-likeness (QED) is 0.637. The summed E-state index contributed by atoms with van der Waals surface area (Å²) in [5.74, 6) is -1.75. The molecular formula is C22H14F3N3O3. The summed E-state index contributed by atoms with van der Waals surface area (Å²) in [5.41, 5.74) is -0.0119. The van der Waals surface area contributed by atoms with Crippen LogP contribution in [0.4, 0.5) is 18.9 Å². The molecule has 9 heteroatoms. The molecule has 0 saturated carbocycles. The lowest BCUT2D eigenvalue weighted by Crippen LogP contribution is -2.29. The van der Waals surface area contributed by atoms with Gasteiger partial charge in [-0.05, 0) is 48.0 Å². The zero-order chi connectivity index (χ0) is 22.2. The van der Waals surface area contributed by atoms with Crippen molar-refractivity contribution in [3.63, 3.8) is 0 Å². The van der Waals surface area contributed by atoms with Gasteiger partial charge in [0.1, 0.15) is 0 Å². The van der Waals surface area contributed by atoms with Crippen molar-refractivity contribution in [1.82, 2.24) is 9.88 Å². The second-order valence-electron chi connectivity index (χ2n) is 6.85. The summed E-state index contributed by atoms with van der Waals surface area (Å²) < 4.78 is 38.6. The normalized spacial score (nSPS) is 13.3. The van der Waals surface area contributed by atoms with E-state index in [9.17, 15) is 27.6 Å². The Morgan fingerprint density at radius 1 is 0.968 bits per heavy atom. The van der Waals surface area contributed by atoms with Gasteiger partial charge in [-0.1, -0.05) is 12.1 Å². The molecule has 0 unspecified atom stereocenters. The first-order valence-corrected chi connectivity index (χ1v) is 9.12. The molecule has 0 fully saturated rings. The molecule has 156 valence electrons. The molecule has 1 aromatic heterocycles. The van der Waals surface area contributed by atoms with E-state index in [-0.39, 0.29) is 28.9 Å². The zero-order valence-electron chi connectivity index (χ0n) is 15.8. The number of carbonyl (C=O) groups is 3. The minimum absolute atomic E-state index is 0.0337.